The zero-order valence-corrected chi connectivity index (χ0v) is 15.2. The molecule has 1 aliphatic heterocycles. The van der Waals surface area contributed by atoms with E-state index in [1.165, 1.54) is 0 Å². The topological polar surface area (TPSA) is 53.4 Å². The Hall–Kier alpha value is -2.60. The number of nitrogens with one attached hydrogen (secondary N) is 1. The number of thiazole rings is 1. The average molecular weight is 364 g/mol. The van der Waals surface area contributed by atoms with Gasteiger partial charge in [-0.25, -0.2) is 4.98 Å². The Morgan fingerprint density at radius 3 is 3.19 bits per heavy atom. The third-order valence-corrected chi connectivity index (χ3v) is 6.23. The van der Waals surface area contributed by atoms with Gasteiger partial charge in [0.15, 0.2) is 0 Å². The summed E-state index contributed by atoms with van der Waals surface area (Å²) in [5.74, 6) is 0.192. The molecule has 1 amide bonds. The number of nitrogens with zero attached hydrogens (tertiary/aromatic N) is 3. The maximum atomic E-state index is 13.2. The molecule has 0 bridgehead atoms. The minimum absolute atomic E-state index is 0.0881. The van der Waals surface area contributed by atoms with E-state index in [1.54, 1.807) is 11.3 Å². The molecular weight excluding hydrogens is 344 g/mol. The first-order valence-corrected chi connectivity index (χ1v) is 9.94. The lowest BCUT2D eigenvalue weighted by molar-refractivity contribution is -0.134. The normalized spacial score (nSPS) is 18.0. The van der Waals surface area contributed by atoms with E-state index in [0.29, 0.717) is 6.42 Å². The van der Waals surface area contributed by atoms with Crippen LogP contribution in [0.3, 0.4) is 0 Å². The van der Waals surface area contributed by atoms with Crippen LogP contribution < -0.4 is 0 Å². The van der Waals surface area contributed by atoms with Gasteiger partial charge in [0.2, 0.25) is 5.91 Å². The van der Waals surface area contributed by atoms with Crippen molar-refractivity contribution in [1.82, 2.24) is 19.3 Å². The third kappa shape index (κ3) is 2.52. The van der Waals surface area contributed by atoms with Gasteiger partial charge in [-0.3, -0.25) is 9.20 Å². The molecule has 0 radical (unpaired) electrons. The minimum atomic E-state index is 0.0881. The molecule has 1 fully saturated rings. The number of hydrogen-bond acceptors (Lipinski definition) is 3. The van der Waals surface area contributed by atoms with Gasteiger partial charge >= 0.3 is 0 Å². The molecule has 1 saturated heterocycles. The van der Waals surface area contributed by atoms with E-state index in [2.05, 4.69) is 25.8 Å². The van der Waals surface area contributed by atoms with Crippen LogP contribution in [0.1, 0.15) is 36.6 Å². The minimum Gasteiger partial charge on any atom is -0.361 e. The molecule has 3 aromatic heterocycles. The molecule has 26 heavy (non-hydrogen) atoms. The Labute approximate surface area is 155 Å². The fourth-order valence-electron chi connectivity index (χ4n) is 4.04. The lowest BCUT2D eigenvalue weighted by Crippen LogP contribution is -2.39. The number of likely N-dealkylation sites (tertiary alicyclic amines) is 1. The fourth-order valence-corrected chi connectivity index (χ4v) is 4.90. The number of aromatic amines is 1. The van der Waals surface area contributed by atoms with Crippen molar-refractivity contribution in [2.45, 2.75) is 31.7 Å². The summed E-state index contributed by atoms with van der Waals surface area (Å²) in [6.07, 6.45) is 9.49. The van der Waals surface area contributed by atoms with E-state index in [9.17, 15) is 4.79 Å². The van der Waals surface area contributed by atoms with Gasteiger partial charge in [-0.15, -0.1) is 11.3 Å². The molecule has 6 heteroatoms. The number of benzene rings is 1. The van der Waals surface area contributed by atoms with Gasteiger partial charge < -0.3 is 9.88 Å². The number of carbonyl (C=O) groups excluding carboxylic acids is 1. The molecule has 0 unspecified atom stereocenters. The molecule has 1 aromatic carbocycles. The second-order valence-electron chi connectivity index (χ2n) is 6.88. The molecule has 5 nitrogen and oxygen atoms in total. The van der Waals surface area contributed by atoms with Gasteiger partial charge in [0, 0.05) is 35.2 Å². The second-order valence-corrected chi connectivity index (χ2v) is 7.77. The van der Waals surface area contributed by atoms with Gasteiger partial charge in [-0.1, -0.05) is 18.2 Å². The Balaban J connectivity index is 1.45. The Bertz CT molecular complexity index is 1080. The van der Waals surface area contributed by atoms with Crippen LogP contribution in [0.15, 0.2) is 48.4 Å². The van der Waals surface area contributed by atoms with E-state index in [4.69, 9.17) is 0 Å². The number of aromatic nitrogens is 3. The number of piperidine rings is 1. The fraction of sp³-hybridized carbons (Fsp3) is 0.300. The molecule has 4 heterocycles. The molecule has 132 valence electrons. The lowest BCUT2D eigenvalue weighted by atomic mass is 9.98. The summed E-state index contributed by atoms with van der Waals surface area (Å²) in [5, 5.41) is 3.21. The zero-order valence-electron chi connectivity index (χ0n) is 14.4. The van der Waals surface area contributed by atoms with Crippen LogP contribution in [0.25, 0.3) is 15.7 Å². The van der Waals surface area contributed by atoms with Crippen LogP contribution in [0.4, 0.5) is 0 Å². The van der Waals surface area contributed by atoms with Gasteiger partial charge in [0.1, 0.15) is 11.2 Å². The predicted molar refractivity (Wildman–Crippen MR) is 103 cm³/mol. The van der Waals surface area contributed by atoms with Crippen molar-refractivity contribution < 1.29 is 4.79 Å². The molecule has 1 N–H and O–H groups in total. The van der Waals surface area contributed by atoms with Gasteiger partial charge in [-0.2, -0.15) is 0 Å². The molecule has 1 aliphatic rings. The smallest absolute Gasteiger partial charge is 0.227 e. The van der Waals surface area contributed by atoms with Crippen molar-refractivity contribution in [3.63, 3.8) is 0 Å². The van der Waals surface area contributed by atoms with E-state index in [1.807, 2.05) is 41.8 Å². The van der Waals surface area contributed by atoms with E-state index >= 15 is 0 Å². The van der Waals surface area contributed by atoms with E-state index in [-0.39, 0.29) is 11.9 Å². The highest BCUT2D eigenvalue weighted by molar-refractivity contribution is 7.15. The highest BCUT2D eigenvalue weighted by Crippen LogP contribution is 2.34. The van der Waals surface area contributed by atoms with Crippen molar-refractivity contribution in [3.05, 3.63) is 59.6 Å². The van der Waals surface area contributed by atoms with Crippen LogP contribution in [0, 0.1) is 0 Å². The third-order valence-electron chi connectivity index (χ3n) is 5.33. The molecule has 4 aromatic rings. The summed E-state index contributed by atoms with van der Waals surface area (Å²) in [6, 6.07) is 8.24. The highest BCUT2D eigenvalue weighted by atomic mass is 32.1. The lowest BCUT2D eigenvalue weighted by Gasteiger charge is -2.35. The summed E-state index contributed by atoms with van der Waals surface area (Å²) < 4.78 is 2.05. The summed E-state index contributed by atoms with van der Waals surface area (Å²) in [7, 11) is 0. The van der Waals surface area contributed by atoms with Crippen molar-refractivity contribution in [3.8, 4) is 0 Å². The number of hydrogen-bond donors (Lipinski definition) is 1. The van der Waals surface area contributed by atoms with Gasteiger partial charge in [-0.05, 0) is 30.9 Å². The summed E-state index contributed by atoms with van der Waals surface area (Å²) >= 11 is 1.69. The van der Waals surface area contributed by atoms with Crippen LogP contribution in [0.2, 0.25) is 0 Å². The first kappa shape index (κ1) is 15.6. The van der Waals surface area contributed by atoms with Crippen molar-refractivity contribution in [2.75, 3.05) is 6.54 Å². The van der Waals surface area contributed by atoms with Gasteiger partial charge in [0.25, 0.3) is 0 Å². The number of rotatable bonds is 3. The Kier molecular flexibility index (Phi) is 3.78. The summed E-state index contributed by atoms with van der Waals surface area (Å²) in [6.45, 7) is 0.816. The molecule has 5 rings (SSSR count). The number of H-pyrrole nitrogens is 1. The average Bonchev–Trinajstić information content (AvgIpc) is 3.38. The predicted octanol–water partition coefficient (Wildman–Crippen LogP) is 4.17. The largest absolute Gasteiger partial charge is 0.361 e. The number of para-hydroxylation sites is 1. The Morgan fingerprint density at radius 1 is 1.31 bits per heavy atom. The molecule has 0 saturated carbocycles. The van der Waals surface area contributed by atoms with Crippen molar-refractivity contribution in [2.24, 2.45) is 0 Å². The van der Waals surface area contributed by atoms with Gasteiger partial charge in [0.05, 0.1) is 18.2 Å². The maximum Gasteiger partial charge on any atom is 0.227 e. The highest BCUT2D eigenvalue weighted by Gasteiger charge is 2.31. The number of amides is 1. The standard InChI is InChI=1S/C20H20N4OS/c25-18(11-14-12-21-16-6-2-1-5-15(14)16)24-8-4-3-7-17(24)19-20-23(13-22-19)9-10-26-20/h1-2,5-6,9-10,12-13,17,21H,3-4,7-8,11H2/t17-/m1/s1. The maximum absolute atomic E-state index is 13.2. The quantitative estimate of drug-likeness (QED) is 0.593. The first-order chi connectivity index (χ1) is 12.8. The number of imidazole rings is 1. The molecule has 0 spiro atoms. The molecule has 0 aliphatic carbocycles. The summed E-state index contributed by atoms with van der Waals surface area (Å²) in [4.78, 5) is 24.3. The van der Waals surface area contributed by atoms with Crippen LogP contribution in [-0.2, 0) is 11.2 Å². The Morgan fingerprint density at radius 2 is 2.23 bits per heavy atom. The molecule has 1 atom stereocenters. The second kappa shape index (κ2) is 6.29. The molecular formula is C20H20N4OS. The van der Waals surface area contributed by atoms with Crippen LogP contribution in [-0.4, -0.2) is 31.7 Å². The van der Waals surface area contributed by atoms with E-state index in [0.717, 1.165) is 52.8 Å². The monoisotopic (exact) mass is 364 g/mol. The van der Waals surface area contributed by atoms with Crippen LogP contribution in [0.5, 0.6) is 0 Å². The number of carbonyl (C=O) groups is 1. The van der Waals surface area contributed by atoms with E-state index < -0.39 is 0 Å². The number of fused-ring (bicyclic) bond motifs is 2. The first-order valence-electron chi connectivity index (χ1n) is 9.06. The summed E-state index contributed by atoms with van der Waals surface area (Å²) in [5.41, 5.74) is 3.20. The van der Waals surface area contributed by atoms with Crippen LogP contribution >= 0.6 is 11.3 Å². The van der Waals surface area contributed by atoms with Crippen molar-refractivity contribution in [1.29, 1.82) is 0 Å². The SMILES string of the molecule is O=C(Cc1c[nH]c2ccccc12)N1CCCC[C@@H]1c1ncn2ccsc12. The zero-order chi connectivity index (χ0) is 17.5. The van der Waals surface area contributed by atoms with Crippen molar-refractivity contribution >= 4 is 33.0 Å².